The highest BCUT2D eigenvalue weighted by molar-refractivity contribution is 7.92. The van der Waals surface area contributed by atoms with Crippen molar-refractivity contribution in [2.45, 2.75) is 57.4 Å². The third kappa shape index (κ3) is 5.96. The Morgan fingerprint density at radius 2 is 1.61 bits per heavy atom. The van der Waals surface area contributed by atoms with Crippen molar-refractivity contribution in [3.63, 3.8) is 0 Å². The van der Waals surface area contributed by atoms with Crippen LogP contribution in [0.5, 0.6) is 0 Å². The van der Waals surface area contributed by atoms with Gasteiger partial charge in [0.1, 0.15) is 0 Å². The van der Waals surface area contributed by atoms with Gasteiger partial charge in [0.2, 0.25) is 5.91 Å². The number of aryl methyl sites for hydroxylation is 1. The van der Waals surface area contributed by atoms with Gasteiger partial charge in [-0.15, -0.1) is 0 Å². The molecule has 0 unspecified atom stereocenters. The Kier molecular flexibility index (Phi) is 6.84. The lowest BCUT2D eigenvalue weighted by molar-refractivity contribution is -0.137. The topological polar surface area (TPSA) is 54.5 Å². The van der Waals surface area contributed by atoms with Crippen LogP contribution < -0.4 is 0 Å². The molecule has 158 valence electrons. The Balaban J connectivity index is 1.81. The molecule has 1 aromatic rings. The number of nitrogens with zero attached hydrogens (tertiary/aromatic N) is 1. The summed E-state index contributed by atoms with van der Waals surface area (Å²) in [6.45, 7) is 6.14. The van der Waals surface area contributed by atoms with Gasteiger partial charge >= 0.3 is 6.18 Å². The smallest absolute Gasteiger partial charge is 0.343 e. The van der Waals surface area contributed by atoms with Crippen molar-refractivity contribution in [3.05, 3.63) is 35.4 Å². The minimum absolute atomic E-state index is 0.0444. The molecule has 28 heavy (non-hydrogen) atoms. The minimum Gasteiger partial charge on any atom is -0.343 e. The summed E-state index contributed by atoms with van der Waals surface area (Å²) in [5.74, 6) is 0.157. The van der Waals surface area contributed by atoms with Crippen LogP contribution >= 0.6 is 0 Å². The van der Waals surface area contributed by atoms with E-state index in [1.807, 2.05) is 0 Å². The molecule has 0 bridgehead atoms. The fourth-order valence-electron chi connectivity index (χ4n) is 3.18. The molecule has 1 amide bonds. The molecule has 1 aliphatic rings. The van der Waals surface area contributed by atoms with Crippen LogP contribution in [0.15, 0.2) is 24.3 Å². The van der Waals surface area contributed by atoms with Crippen molar-refractivity contribution in [3.8, 4) is 0 Å². The highest BCUT2D eigenvalue weighted by atomic mass is 32.2. The molecule has 0 saturated carbocycles. The second-order valence-corrected chi connectivity index (χ2v) is 11.2. The molecule has 1 aromatic carbocycles. The summed E-state index contributed by atoms with van der Waals surface area (Å²) in [6, 6.07) is 4.86. The highest BCUT2D eigenvalue weighted by Crippen LogP contribution is 2.29. The SMILES string of the molecule is CC(C)(C)S(=O)(=O)CC1CCN(C(=O)CCc2ccc(C(F)(F)F)cc2)CC1. The van der Waals surface area contributed by atoms with Crippen molar-refractivity contribution in [2.75, 3.05) is 18.8 Å². The summed E-state index contributed by atoms with van der Waals surface area (Å²) >= 11 is 0. The van der Waals surface area contributed by atoms with Crippen LogP contribution in [0, 0.1) is 5.92 Å². The predicted molar refractivity (Wildman–Crippen MR) is 103 cm³/mol. The van der Waals surface area contributed by atoms with Crippen LogP contribution in [0.1, 0.15) is 51.2 Å². The zero-order valence-electron chi connectivity index (χ0n) is 16.6. The standard InChI is InChI=1S/C20H28F3NO3S/c1-19(2,3)28(26,27)14-16-10-12-24(13-11-16)18(25)9-6-15-4-7-17(8-5-15)20(21,22)23/h4-5,7-8,16H,6,9-14H2,1-3H3. The Labute approximate surface area is 165 Å². The van der Waals surface area contributed by atoms with Crippen molar-refractivity contribution in [1.29, 1.82) is 0 Å². The van der Waals surface area contributed by atoms with Gasteiger partial charge in [-0.1, -0.05) is 12.1 Å². The molecule has 1 saturated heterocycles. The van der Waals surface area contributed by atoms with Crippen LogP contribution in [-0.2, 0) is 27.2 Å². The minimum atomic E-state index is -4.36. The van der Waals surface area contributed by atoms with E-state index in [2.05, 4.69) is 0 Å². The van der Waals surface area contributed by atoms with Crippen molar-refractivity contribution in [2.24, 2.45) is 5.92 Å². The lowest BCUT2D eigenvalue weighted by atomic mass is 9.98. The second kappa shape index (κ2) is 8.43. The molecular formula is C20H28F3NO3S. The van der Waals surface area contributed by atoms with E-state index in [1.165, 1.54) is 12.1 Å². The van der Waals surface area contributed by atoms with Gasteiger partial charge in [-0.2, -0.15) is 13.2 Å². The van der Waals surface area contributed by atoms with E-state index in [0.717, 1.165) is 12.1 Å². The number of likely N-dealkylation sites (tertiary alicyclic amines) is 1. The van der Waals surface area contributed by atoms with Crippen molar-refractivity contribution in [1.82, 2.24) is 4.90 Å². The largest absolute Gasteiger partial charge is 0.416 e. The first-order valence-electron chi connectivity index (χ1n) is 9.46. The zero-order chi connectivity index (χ0) is 21.2. The summed E-state index contributed by atoms with van der Waals surface area (Å²) in [5, 5.41) is 0. The lowest BCUT2D eigenvalue weighted by Gasteiger charge is -2.33. The van der Waals surface area contributed by atoms with Gasteiger partial charge in [0.25, 0.3) is 0 Å². The van der Waals surface area contributed by atoms with Crippen LogP contribution in [0.2, 0.25) is 0 Å². The first-order chi connectivity index (χ1) is 12.8. The number of hydrogen-bond donors (Lipinski definition) is 0. The molecule has 1 fully saturated rings. The Hall–Kier alpha value is -1.57. The fraction of sp³-hybridized carbons (Fsp3) is 0.650. The zero-order valence-corrected chi connectivity index (χ0v) is 17.4. The average Bonchev–Trinajstić information content (AvgIpc) is 2.58. The van der Waals surface area contributed by atoms with Crippen LogP contribution in [0.4, 0.5) is 13.2 Å². The van der Waals surface area contributed by atoms with Crippen molar-refractivity contribution < 1.29 is 26.4 Å². The predicted octanol–water partition coefficient (Wildman–Crippen LogP) is 4.09. The third-order valence-corrected chi connectivity index (χ3v) is 8.04. The molecule has 2 rings (SSSR count). The van der Waals surface area contributed by atoms with Gasteiger partial charge in [-0.3, -0.25) is 4.79 Å². The van der Waals surface area contributed by atoms with E-state index in [4.69, 9.17) is 0 Å². The van der Waals surface area contributed by atoms with E-state index in [-0.39, 0.29) is 24.0 Å². The summed E-state index contributed by atoms with van der Waals surface area (Å²) in [4.78, 5) is 14.1. The Morgan fingerprint density at radius 1 is 1.07 bits per heavy atom. The summed E-state index contributed by atoms with van der Waals surface area (Å²) in [5.41, 5.74) is -0.0117. The third-order valence-electron chi connectivity index (χ3n) is 5.26. The number of sulfone groups is 1. The molecule has 0 aromatic heterocycles. The number of rotatable bonds is 5. The molecule has 4 nitrogen and oxygen atoms in total. The molecule has 0 radical (unpaired) electrons. The van der Waals surface area contributed by atoms with Gasteiger partial charge in [0.15, 0.2) is 9.84 Å². The number of piperidine rings is 1. The molecule has 0 spiro atoms. The first kappa shape index (κ1) is 22.7. The first-order valence-corrected chi connectivity index (χ1v) is 11.1. The summed E-state index contributed by atoms with van der Waals surface area (Å²) < 4.78 is 61.6. The molecule has 1 heterocycles. The Morgan fingerprint density at radius 3 is 2.07 bits per heavy atom. The summed E-state index contributed by atoms with van der Waals surface area (Å²) in [7, 11) is -3.18. The molecule has 1 aliphatic heterocycles. The summed E-state index contributed by atoms with van der Waals surface area (Å²) in [6.07, 6.45) is -2.44. The maximum absolute atomic E-state index is 12.6. The number of carbonyl (C=O) groups is 1. The monoisotopic (exact) mass is 419 g/mol. The molecule has 0 atom stereocenters. The average molecular weight is 420 g/mol. The van der Waals surface area contributed by atoms with Crippen LogP contribution in [0.25, 0.3) is 0 Å². The number of benzene rings is 1. The molecule has 0 aliphatic carbocycles. The van der Waals surface area contributed by atoms with Gasteiger partial charge < -0.3 is 4.90 Å². The van der Waals surface area contributed by atoms with Crippen LogP contribution in [-0.4, -0.2) is 42.8 Å². The van der Waals surface area contributed by atoms with Gasteiger partial charge in [-0.25, -0.2) is 8.42 Å². The molecular weight excluding hydrogens is 391 g/mol. The van der Waals surface area contributed by atoms with Crippen molar-refractivity contribution >= 4 is 15.7 Å². The van der Waals surface area contributed by atoms with E-state index in [9.17, 15) is 26.4 Å². The van der Waals surface area contributed by atoms with Gasteiger partial charge in [0, 0.05) is 19.5 Å². The molecule has 8 heteroatoms. The maximum atomic E-state index is 12.6. The normalized spacial score (nSPS) is 17.0. The Bertz CT molecular complexity index is 772. The maximum Gasteiger partial charge on any atom is 0.416 e. The van der Waals surface area contributed by atoms with E-state index < -0.39 is 26.3 Å². The fourth-order valence-corrected chi connectivity index (χ4v) is 4.63. The molecule has 0 N–H and O–H groups in total. The number of hydrogen-bond acceptors (Lipinski definition) is 3. The lowest BCUT2D eigenvalue weighted by Crippen LogP contribution is -2.41. The second-order valence-electron chi connectivity index (χ2n) is 8.41. The van der Waals surface area contributed by atoms with E-state index in [1.54, 1.807) is 25.7 Å². The number of carbonyl (C=O) groups excluding carboxylic acids is 1. The number of alkyl halides is 3. The number of halogens is 3. The quantitative estimate of drug-likeness (QED) is 0.722. The highest BCUT2D eigenvalue weighted by Gasteiger charge is 2.33. The number of amides is 1. The van der Waals surface area contributed by atoms with Gasteiger partial charge in [0.05, 0.1) is 16.1 Å². The van der Waals surface area contributed by atoms with E-state index in [0.29, 0.717) is 37.9 Å². The van der Waals surface area contributed by atoms with Crippen LogP contribution in [0.3, 0.4) is 0 Å². The van der Waals surface area contributed by atoms with E-state index >= 15 is 0 Å². The van der Waals surface area contributed by atoms with Gasteiger partial charge in [-0.05, 0) is 63.6 Å².